The van der Waals surface area contributed by atoms with E-state index in [0.29, 0.717) is 0 Å². The number of hydrogen-bond donors (Lipinski definition) is 0. The minimum absolute atomic E-state index is 1.01. The van der Waals surface area contributed by atoms with Crippen LogP contribution in [0.25, 0.3) is 0 Å². The third kappa shape index (κ3) is 0.522. The van der Waals surface area contributed by atoms with Crippen molar-refractivity contribution in [1.29, 1.82) is 0 Å². The summed E-state index contributed by atoms with van der Waals surface area (Å²) in [5.41, 5.74) is 0. The Morgan fingerprint density at radius 3 is 2.75 bits per heavy atom. The minimum atomic E-state index is 1.01. The monoisotopic (exact) mass is 160 g/mol. The fourth-order valence-electron chi connectivity index (χ4n) is 4.69. The molecule has 6 atom stereocenters. The highest BCUT2D eigenvalue weighted by Crippen LogP contribution is 2.67. The number of rotatable bonds is 0. The van der Waals surface area contributed by atoms with E-state index in [4.69, 9.17) is 0 Å². The summed E-state index contributed by atoms with van der Waals surface area (Å²) in [5, 5.41) is 0. The molecule has 0 saturated heterocycles. The van der Waals surface area contributed by atoms with E-state index >= 15 is 0 Å². The Labute approximate surface area is 74.0 Å². The van der Waals surface area contributed by atoms with Gasteiger partial charge < -0.3 is 0 Å². The first-order chi connectivity index (χ1) is 5.93. The predicted octanol–water partition coefficient (Wildman–Crippen LogP) is 2.85. The van der Waals surface area contributed by atoms with Gasteiger partial charge in [-0.3, -0.25) is 0 Å². The van der Waals surface area contributed by atoms with Gasteiger partial charge in [0.25, 0.3) is 0 Å². The van der Waals surface area contributed by atoms with Gasteiger partial charge in [0, 0.05) is 0 Å². The van der Waals surface area contributed by atoms with Crippen LogP contribution in [0, 0.1) is 35.5 Å². The van der Waals surface area contributed by atoms with Gasteiger partial charge in [0.15, 0.2) is 0 Å². The van der Waals surface area contributed by atoms with Crippen molar-refractivity contribution in [3.05, 3.63) is 12.2 Å². The Kier molecular flexibility index (Phi) is 0.939. The lowest BCUT2D eigenvalue weighted by Crippen LogP contribution is -2.58. The molecule has 4 aliphatic carbocycles. The molecule has 3 fully saturated rings. The molecule has 0 aliphatic heterocycles. The van der Waals surface area contributed by atoms with E-state index < -0.39 is 0 Å². The first-order valence-corrected chi connectivity index (χ1v) is 5.60. The van der Waals surface area contributed by atoms with Crippen LogP contribution in [-0.2, 0) is 0 Å². The van der Waals surface area contributed by atoms with Gasteiger partial charge in [0.1, 0.15) is 0 Å². The molecule has 0 aromatic rings. The molecule has 0 nitrogen and oxygen atoms in total. The number of fused-ring (bicyclic) bond motifs is 2. The van der Waals surface area contributed by atoms with E-state index in [1.165, 1.54) is 24.2 Å². The standard InChI is InChI=1S/C12H16/c1-2-7-4-8-5-9-6-11(12(8)9)10(7)3-1/h1-2,7-12H,3-6H2. The SMILES string of the molecule is C1=CC2CC3CC4CC(C2C1)C34. The van der Waals surface area contributed by atoms with E-state index in [1.807, 2.05) is 0 Å². The van der Waals surface area contributed by atoms with Crippen molar-refractivity contribution in [2.45, 2.75) is 25.7 Å². The lowest BCUT2D eigenvalue weighted by atomic mass is 9.40. The van der Waals surface area contributed by atoms with Gasteiger partial charge >= 0.3 is 0 Å². The summed E-state index contributed by atoms with van der Waals surface area (Å²) in [6.07, 6.45) is 11.1. The highest BCUT2D eigenvalue weighted by atomic mass is 14.6. The summed E-state index contributed by atoms with van der Waals surface area (Å²) in [6, 6.07) is 0. The van der Waals surface area contributed by atoms with Gasteiger partial charge in [-0.25, -0.2) is 0 Å². The fraction of sp³-hybridized carbons (Fsp3) is 0.833. The molecule has 0 heteroatoms. The molecule has 0 aromatic carbocycles. The molecular weight excluding hydrogens is 144 g/mol. The molecular formula is C12H16. The fourth-order valence-corrected chi connectivity index (χ4v) is 4.69. The maximum absolute atomic E-state index is 2.52. The summed E-state index contributed by atoms with van der Waals surface area (Å²) < 4.78 is 0. The molecule has 4 aliphatic rings. The third-order valence-corrected chi connectivity index (χ3v) is 5.23. The molecule has 3 saturated carbocycles. The van der Waals surface area contributed by atoms with E-state index in [9.17, 15) is 0 Å². The van der Waals surface area contributed by atoms with Crippen LogP contribution in [0.1, 0.15) is 25.7 Å². The second-order valence-electron chi connectivity index (χ2n) is 5.46. The van der Waals surface area contributed by atoms with Crippen molar-refractivity contribution in [3.8, 4) is 0 Å². The number of allylic oxidation sites excluding steroid dienone is 2. The zero-order chi connectivity index (χ0) is 7.71. The van der Waals surface area contributed by atoms with Crippen LogP contribution >= 0.6 is 0 Å². The van der Waals surface area contributed by atoms with Crippen molar-refractivity contribution >= 4 is 0 Å². The highest BCUT2D eigenvalue weighted by molar-refractivity contribution is 5.15. The lowest BCUT2D eigenvalue weighted by molar-refractivity contribution is -0.158. The van der Waals surface area contributed by atoms with Crippen molar-refractivity contribution in [2.75, 3.05) is 0 Å². The van der Waals surface area contributed by atoms with Gasteiger partial charge in [-0.15, -0.1) is 0 Å². The van der Waals surface area contributed by atoms with Crippen LogP contribution in [0.4, 0.5) is 0 Å². The zero-order valence-electron chi connectivity index (χ0n) is 7.45. The Bertz CT molecular complexity index is 253. The Balaban J connectivity index is 1.69. The van der Waals surface area contributed by atoms with Crippen molar-refractivity contribution in [3.63, 3.8) is 0 Å². The van der Waals surface area contributed by atoms with Gasteiger partial charge in [0.05, 0.1) is 0 Å². The summed E-state index contributed by atoms with van der Waals surface area (Å²) in [7, 11) is 0. The third-order valence-electron chi connectivity index (χ3n) is 5.23. The van der Waals surface area contributed by atoms with Crippen LogP contribution in [0.5, 0.6) is 0 Å². The quantitative estimate of drug-likeness (QED) is 0.478. The zero-order valence-corrected chi connectivity index (χ0v) is 7.45. The molecule has 0 heterocycles. The summed E-state index contributed by atoms with van der Waals surface area (Å²) in [5.74, 6) is 6.85. The minimum Gasteiger partial charge on any atom is -0.0879 e. The molecule has 0 N–H and O–H groups in total. The smallest absolute Gasteiger partial charge is 0.0197 e. The second kappa shape index (κ2) is 1.81. The summed E-state index contributed by atoms with van der Waals surface area (Å²) in [6.45, 7) is 0. The first kappa shape index (κ1) is 6.23. The summed E-state index contributed by atoms with van der Waals surface area (Å²) in [4.78, 5) is 0. The van der Waals surface area contributed by atoms with E-state index in [2.05, 4.69) is 12.2 Å². The molecule has 0 radical (unpaired) electrons. The number of hydrogen-bond acceptors (Lipinski definition) is 0. The van der Waals surface area contributed by atoms with Crippen LogP contribution in [0.2, 0.25) is 0 Å². The van der Waals surface area contributed by atoms with Crippen LogP contribution in [-0.4, -0.2) is 0 Å². The molecule has 0 amide bonds. The van der Waals surface area contributed by atoms with Crippen LogP contribution in [0.15, 0.2) is 12.2 Å². The van der Waals surface area contributed by atoms with Gasteiger partial charge in [-0.05, 0) is 61.2 Å². The predicted molar refractivity (Wildman–Crippen MR) is 48.5 cm³/mol. The van der Waals surface area contributed by atoms with Crippen LogP contribution in [0.3, 0.4) is 0 Å². The second-order valence-corrected chi connectivity index (χ2v) is 5.46. The van der Waals surface area contributed by atoms with Gasteiger partial charge in [-0.1, -0.05) is 12.2 Å². The van der Waals surface area contributed by atoms with E-state index in [1.54, 1.807) is 19.3 Å². The highest BCUT2D eigenvalue weighted by Gasteiger charge is 2.60. The summed E-state index contributed by atoms with van der Waals surface area (Å²) >= 11 is 0. The molecule has 4 rings (SSSR count). The molecule has 0 spiro atoms. The van der Waals surface area contributed by atoms with E-state index in [-0.39, 0.29) is 0 Å². The van der Waals surface area contributed by atoms with Crippen LogP contribution < -0.4 is 0 Å². The molecule has 64 valence electrons. The van der Waals surface area contributed by atoms with Gasteiger partial charge in [-0.2, -0.15) is 0 Å². The Morgan fingerprint density at radius 1 is 0.917 bits per heavy atom. The Hall–Kier alpha value is -0.260. The van der Waals surface area contributed by atoms with E-state index in [0.717, 1.165) is 17.8 Å². The molecule has 0 bridgehead atoms. The molecule has 6 unspecified atom stereocenters. The lowest BCUT2D eigenvalue weighted by Gasteiger charge is -2.65. The topological polar surface area (TPSA) is 0 Å². The van der Waals surface area contributed by atoms with Crippen molar-refractivity contribution in [1.82, 2.24) is 0 Å². The molecule has 12 heavy (non-hydrogen) atoms. The van der Waals surface area contributed by atoms with Crippen molar-refractivity contribution in [2.24, 2.45) is 35.5 Å². The largest absolute Gasteiger partial charge is 0.0879 e. The maximum atomic E-state index is 2.52. The van der Waals surface area contributed by atoms with Crippen molar-refractivity contribution < 1.29 is 0 Å². The average Bonchev–Trinajstić information content (AvgIpc) is 2.40. The normalized spacial score (nSPS) is 64.7. The first-order valence-electron chi connectivity index (χ1n) is 5.60. The maximum Gasteiger partial charge on any atom is -0.0197 e. The van der Waals surface area contributed by atoms with Gasteiger partial charge in [0.2, 0.25) is 0 Å². The Morgan fingerprint density at radius 2 is 1.83 bits per heavy atom. The average molecular weight is 160 g/mol. The molecule has 0 aromatic heterocycles.